The molecule has 0 bridgehead atoms. The van der Waals surface area contributed by atoms with Crippen molar-refractivity contribution in [1.29, 1.82) is 0 Å². The normalized spacial score (nSPS) is 11.8. The number of likely N-dealkylation sites (N-methyl/N-ethyl adjacent to an activating group) is 1. The fourth-order valence-corrected chi connectivity index (χ4v) is 6.56. The summed E-state index contributed by atoms with van der Waals surface area (Å²) in [6, 6.07) is 12.4. The van der Waals surface area contributed by atoms with E-state index in [2.05, 4.69) is 24.8 Å². The van der Waals surface area contributed by atoms with Crippen LogP contribution in [0.15, 0.2) is 52.3 Å². The monoisotopic (exact) mass is 584 g/mol. The Kier molecular flexibility index (Phi) is 12.3. The lowest BCUT2D eigenvalue weighted by Crippen LogP contribution is -2.38. The summed E-state index contributed by atoms with van der Waals surface area (Å²) in [6.07, 6.45) is 3.75. The Balaban J connectivity index is 0.00000481. The first kappa shape index (κ1) is 31.5. The number of thioether (sulfide) groups is 1. The van der Waals surface area contributed by atoms with Crippen LogP contribution in [0.25, 0.3) is 10.2 Å². The number of thiazole rings is 1. The molecule has 3 aromatic rings. The zero-order valence-electron chi connectivity index (χ0n) is 22.1. The van der Waals surface area contributed by atoms with Gasteiger partial charge in [0, 0.05) is 37.1 Å². The number of fused-ring (bicyclic) bond motifs is 1. The van der Waals surface area contributed by atoms with Crippen LogP contribution in [0.4, 0.5) is 5.13 Å². The molecule has 0 fully saturated rings. The second-order valence-corrected chi connectivity index (χ2v) is 12.5. The van der Waals surface area contributed by atoms with E-state index >= 15 is 0 Å². The maximum Gasteiger partial charge on any atom is 0.260 e. The Morgan fingerprint density at radius 2 is 1.68 bits per heavy atom. The van der Waals surface area contributed by atoms with Crippen molar-refractivity contribution in [2.24, 2.45) is 0 Å². The molecule has 1 amide bonds. The lowest BCUT2D eigenvalue weighted by Gasteiger charge is -2.25. The summed E-state index contributed by atoms with van der Waals surface area (Å²) in [6.45, 7) is 9.71. The van der Waals surface area contributed by atoms with Gasteiger partial charge < -0.3 is 4.90 Å². The first-order valence-corrected chi connectivity index (χ1v) is 15.8. The zero-order valence-corrected chi connectivity index (χ0v) is 25.4. The molecule has 0 saturated heterocycles. The minimum Gasteiger partial charge on any atom is -0.302 e. The van der Waals surface area contributed by atoms with E-state index in [4.69, 9.17) is 4.98 Å². The molecule has 11 heteroatoms. The van der Waals surface area contributed by atoms with Crippen LogP contribution in [0.3, 0.4) is 0 Å². The molecule has 0 aliphatic carbocycles. The van der Waals surface area contributed by atoms with Crippen LogP contribution < -0.4 is 4.90 Å². The average molecular weight is 585 g/mol. The number of nitrogens with zero attached hydrogens (tertiary/aromatic N) is 4. The van der Waals surface area contributed by atoms with Crippen LogP contribution in [-0.4, -0.2) is 74.5 Å². The number of hydrogen-bond donors (Lipinski definition) is 0. The van der Waals surface area contributed by atoms with E-state index < -0.39 is 10.0 Å². The number of amides is 1. The van der Waals surface area contributed by atoms with Crippen molar-refractivity contribution in [3.8, 4) is 0 Å². The van der Waals surface area contributed by atoms with Gasteiger partial charge in [-0.05, 0) is 68.2 Å². The first-order chi connectivity index (χ1) is 17.2. The molecule has 0 spiro atoms. The SMILES string of the molecule is CCCCN(C)S(=O)(=O)c1ccc(C(=O)N(CCN(CC)CC)c2nc3ccc(SC)cc3s2)cc1.Cl. The first-order valence-electron chi connectivity index (χ1n) is 12.3. The van der Waals surface area contributed by atoms with Crippen molar-refractivity contribution in [3.05, 3.63) is 48.0 Å². The highest BCUT2D eigenvalue weighted by molar-refractivity contribution is 7.98. The predicted octanol–water partition coefficient (Wildman–Crippen LogP) is 5.85. The quantitative estimate of drug-likeness (QED) is 0.235. The Morgan fingerprint density at radius 1 is 1.00 bits per heavy atom. The Hall–Kier alpha value is -1.69. The van der Waals surface area contributed by atoms with Crippen molar-refractivity contribution < 1.29 is 13.2 Å². The van der Waals surface area contributed by atoms with E-state index in [9.17, 15) is 13.2 Å². The number of unbranched alkanes of at least 4 members (excludes halogenated alkanes) is 1. The fraction of sp³-hybridized carbons (Fsp3) is 0.462. The lowest BCUT2D eigenvalue weighted by molar-refractivity contribution is 0.0983. The molecule has 0 aliphatic heterocycles. The van der Waals surface area contributed by atoms with Crippen molar-refractivity contribution >= 4 is 66.8 Å². The van der Waals surface area contributed by atoms with Gasteiger partial charge in [-0.25, -0.2) is 17.7 Å². The van der Waals surface area contributed by atoms with Crippen LogP contribution >= 0.6 is 35.5 Å². The molecule has 3 rings (SSSR count). The van der Waals surface area contributed by atoms with Crippen molar-refractivity contribution in [1.82, 2.24) is 14.2 Å². The number of halogens is 1. The molecule has 37 heavy (non-hydrogen) atoms. The third kappa shape index (κ3) is 7.68. The van der Waals surface area contributed by atoms with Crippen LogP contribution in [0.2, 0.25) is 0 Å². The lowest BCUT2D eigenvalue weighted by atomic mass is 10.2. The highest BCUT2D eigenvalue weighted by Crippen LogP contribution is 2.32. The fourth-order valence-electron chi connectivity index (χ4n) is 3.81. The number of aromatic nitrogens is 1. The van der Waals surface area contributed by atoms with Gasteiger partial charge in [-0.15, -0.1) is 24.2 Å². The van der Waals surface area contributed by atoms with Gasteiger partial charge in [0.05, 0.1) is 15.1 Å². The second-order valence-electron chi connectivity index (χ2n) is 8.52. The standard InChI is InChI=1S/C26H36N4O3S3.ClH/c1-6-9-16-28(4)36(32,33)22-13-10-20(11-14-22)25(31)30(18-17-29(7-2)8-3)26-27-23-15-12-21(34-5)19-24(23)35-26;/h10-15,19H,6-9,16-18H2,1-5H3;1H. The summed E-state index contributed by atoms with van der Waals surface area (Å²) in [7, 11) is -2.00. The van der Waals surface area contributed by atoms with Gasteiger partial charge in [0.2, 0.25) is 10.0 Å². The van der Waals surface area contributed by atoms with Gasteiger partial charge in [0.15, 0.2) is 5.13 Å². The molecule has 7 nitrogen and oxygen atoms in total. The topological polar surface area (TPSA) is 73.8 Å². The van der Waals surface area contributed by atoms with Gasteiger partial charge in [-0.3, -0.25) is 9.69 Å². The number of carbonyl (C=O) groups excluding carboxylic acids is 1. The molecule has 0 aliphatic rings. The van der Waals surface area contributed by atoms with E-state index in [1.165, 1.54) is 27.8 Å². The molecule has 204 valence electrons. The summed E-state index contributed by atoms with van der Waals surface area (Å²) in [5.41, 5.74) is 1.30. The molecule has 0 atom stereocenters. The molecule has 1 aromatic heterocycles. The summed E-state index contributed by atoms with van der Waals surface area (Å²) in [5, 5.41) is 0.649. The maximum atomic E-state index is 13.7. The van der Waals surface area contributed by atoms with Gasteiger partial charge >= 0.3 is 0 Å². The van der Waals surface area contributed by atoms with E-state index in [1.807, 2.05) is 25.3 Å². The second kappa shape index (κ2) is 14.5. The van der Waals surface area contributed by atoms with E-state index in [0.29, 0.717) is 23.8 Å². The largest absolute Gasteiger partial charge is 0.302 e. The number of rotatable bonds is 13. The molecule has 1 heterocycles. The number of benzene rings is 2. The highest BCUT2D eigenvalue weighted by atomic mass is 35.5. The minimum absolute atomic E-state index is 0. The van der Waals surface area contributed by atoms with Gasteiger partial charge in [0.1, 0.15) is 0 Å². The van der Waals surface area contributed by atoms with Crippen molar-refractivity contribution in [3.63, 3.8) is 0 Å². The maximum absolute atomic E-state index is 13.7. The molecule has 0 radical (unpaired) electrons. The minimum atomic E-state index is -3.59. The van der Waals surface area contributed by atoms with Gasteiger partial charge in [-0.2, -0.15) is 0 Å². The summed E-state index contributed by atoms with van der Waals surface area (Å²) in [4.78, 5) is 23.8. The molecular weight excluding hydrogens is 548 g/mol. The van der Waals surface area contributed by atoms with Crippen molar-refractivity contribution in [2.45, 2.75) is 43.4 Å². The van der Waals surface area contributed by atoms with Crippen LogP contribution in [-0.2, 0) is 10.0 Å². The summed E-state index contributed by atoms with van der Waals surface area (Å²) >= 11 is 3.18. The highest BCUT2D eigenvalue weighted by Gasteiger charge is 2.24. The van der Waals surface area contributed by atoms with E-state index in [-0.39, 0.29) is 23.2 Å². The number of hydrogen-bond acceptors (Lipinski definition) is 7. The Bertz CT molecular complexity index is 1260. The summed E-state index contributed by atoms with van der Waals surface area (Å²) in [5.74, 6) is -0.186. The smallest absolute Gasteiger partial charge is 0.260 e. The number of sulfonamides is 1. The molecule has 0 saturated carbocycles. The number of anilines is 1. The molecule has 0 N–H and O–H groups in total. The van der Waals surface area contributed by atoms with Crippen LogP contribution in [0.5, 0.6) is 0 Å². The zero-order chi connectivity index (χ0) is 26.3. The molecule has 0 unspecified atom stereocenters. The molecular formula is C26H37ClN4O3S3. The van der Waals surface area contributed by atoms with E-state index in [1.54, 1.807) is 35.8 Å². The summed E-state index contributed by atoms with van der Waals surface area (Å²) < 4.78 is 28.2. The number of carbonyl (C=O) groups is 1. The predicted molar refractivity (Wildman–Crippen MR) is 159 cm³/mol. The molecule has 2 aromatic carbocycles. The third-order valence-corrected chi connectivity index (χ3v) is 9.87. The Labute approximate surface area is 235 Å². The van der Waals surface area contributed by atoms with E-state index in [0.717, 1.165) is 47.6 Å². The van der Waals surface area contributed by atoms with Crippen LogP contribution in [0, 0.1) is 0 Å². The van der Waals surface area contributed by atoms with Crippen molar-refractivity contribution in [2.75, 3.05) is 50.9 Å². The average Bonchev–Trinajstić information content (AvgIpc) is 3.32. The Morgan fingerprint density at radius 3 is 2.27 bits per heavy atom. The van der Waals surface area contributed by atoms with Gasteiger partial charge in [-0.1, -0.05) is 38.5 Å². The third-order valence-electron chi connectivity index (χ3n) is 6.23. The van der Waals surface area contributed by atoms with Crippen LogP contribution in [0.1, 0.15) is 44.0 Å². The van der Waals surface area contributed by atoms with Gasteiger partial charge in [0.25, 0.3) is 5.91 Å².